The van der Waals surface area contributed by atoms with E-state index in [1.807, 2.05) is 5.43 Å². The third kappa shape index (κ3) is 4.10. The number of nitrogens with one attached hydrogen (secondary N) is 1. The second-order valence-electron chi connectivity index (χ2n) is 4.29. The van der Waals surface area contributed by atoms with Gasteiger partial charge >= 0.3 is 0 Å². The Balaban J connectivity index is 2.63. The number of carbonyl (C=O) groups is 1. The van der Waals surface area contributed by atoms with Gasteiger partial charge in [0.25, 0.3) is 5.91 Å². The summed E-state index contributed by atoms with van der Waals surface area (Å²) in [7, 11) is 0. The summed E-state index contributed by atoms with van der Waals surface area (Å²) in [6.07, 6.45) is 0.697. The van der Waals surface area contributed by atoms with E-state index in [0.717, 1.165) is 6.54 Å². The molecule has 18 heavy (non-hydrogen) atoms. The van der Waals surface area contributed by atoms with Crippen LogP contribution in [0.1, 0.15) is 36.5 Å². The summed E-state index contributed by atoms with van der Waals surface area (Å²) in [6.45, 7) is 5.57. The van der Waals surface area contributed by atoms with Gasteiger partial charge in [-0.05, 0) is 20.3 Å². The first-order valence-corrected chi connectivity index (χ1v) is 5.90. The van der Waals surface area contributed by atoms with Gasteiger partial charge in [-0.25, -0.2) is 5.84 Å². The van der Waals surface area contributed by atoms with Crippen LogP contribution in [-0.2, 0) is 6.54 Å². The Labute approximate surface area is 106 Å². The highest BCUT2D eigenvalue weighted by atomic mass is 16.5. The minimum atomic E-state index is -0.476. The Morgan fingerprint density at radius 2 is 2.39 bits per heavy atom. The third-order valence-electron chi connectivity index (χ3n) is 2.62. The molecule has 7 nitrogen and oxygen atoms in total. The Bertz CT molecular complexity index is 378. The summed E-state index contributed by atoms with van der Waals surface area (Å²) < 4.78 is 5.08. The van der Waals surface area contributed by atoms with Gasteiger partial charge in [-0.15, -0.1) is 0 Å². The lowest BCUT2D eigenvalue weighted by atomic mass is 10.2. The van der Waals surface area contributed by atoms with Crippen molar-refractivity contribution in [2.24, 2.45) is 5.84 Å². The van der Waals surface area contributed by atoms with Crippen LogP contribution in [0.25, 0.3) is 0 Å². The first-order chi connectivity index (χ1) is 8.58. The van der Waals surface area contributed by atoms with Crippen LogP contribution in [0.3, 0.4) is 0 Å². The van der Waals surface area contributed by atoms with Crippen molar-refractivity contribution in [3.8, 4) is 0 Å². The lowest BCUT2D eigenvalue weighted by molar-refractivity contribution is 0.0944. The molecule has 0 saturated heterocycles. The second-order valence-corrected chi connectivity index (χ2v) is 4.29. The Morgan fingerprint density at radius 1 is 1.67 bits per heavy atom. The summed E-state index contributed by atoms with van der Waals surface area (Å²) in [4.78, 5) is 13.3. The molecule has 0 aliphatic heterocycles. The van der Waals surface area contributed by atoms with E-state index in [0.29, 0.717) is 24.8 Å². The molecule has 0 aromatic carbocycles. The number of aliphatic hydroxyl groups is 1. The van der Waals surface area contributed by atoms with Gasteiger partial charge < -0.3 is 9.63 Å². The number of hydrogen-bond acceptors (Lipinski definition) is 6. The van der Waals surface area contributed by atoms with Gasteiger partial charge in [0, 0.05) is 25.3 Å². The Hall–Kier alpha value is -1.44. The van der Waals surface area contributed by atoms with E-state index >= 15 is 0 Å². The van der Waals surface area contributed by atoms with E-state index in [4.69, 9.17) is 15.5 Å². The van der Waals surface area contributed by atoms with Crippen LogP contribution in [0.15, 0.2) is 10.6 Å². The molecule has 102 valence electrons. The minimum Gasteiger partial charge on any atom is -0.396 e. The predicted molar refractivity (Wildman–Crippen MR) is 65.4 cm³/mol. The average Bonchev–Trinajstić information content (AvgIpc) is 2.81. The molecule has 0 spiro atoms. The first kappa shape index (κ1) is 14.6. The van der Waals surface area contributed by atoms with Crippen LogP contribution < -0.4 is 11.3 Å². The van der Waals surface area contributed by atoms with Crippen molar-refractivity contribution in [2.45, 2.75) is 32.9 Å². The molecule has 1 rings (SSSR count). The number of aromatic nitrogens is 1. The number of hydrogen-bond donors (Lipinski definition) is 3. The van der Waals surface area contributed by atoms with Crippen LogP contribution in [0, 0.1) is 0 Å². The fourth-order valence-electron chi connectivity index (χ4n) is 1.56. The van der Waals surface area contributed by atoms with E-state index in [-0.39, 0.29) is 12.3 Å². The molecule has 0 unspecified atom stereocenters. The summed E-state index contributed by atoms with van der Waals surface area (Å²) in [5.41, 5.74) is 2.16. The zero-order valence-corrected chi connectivity index (χ0v) is 10.7. The molecule has 1 aromatic heterocycles. The van der Waals surface area contributed by atoms with Crippen molar-refractivity contribution in [1.29, 1.82) is 0 Å². The zero-order valence-electron chi connectivity index (χ0n) is 10.7. The number of hydrazine groups is 1. The first-order valence-electron chi connectivity index (χ1n) is 5.90. The smallest absolute Gasteiger partial charge is 0.287 e. The number of nitrogens with two attached hydrogens (primary N) is 1. The fraction of sp³-hybridized carbons (Fsp3) is 0.636. The monoisotopic (exact) mass is 256 g/mol. The summed E-state index contributed by atoms with van der Waals surface area (Å²) in [5.74, 6) is 5.13. The number of carbonyl (C=O) groups excluding carboxylic acids is 1. The molecule has 7 heteroatoms. The number of amides is 1. The predicted octanol–water partition coefficient (Wildman–Crippen LogP) is -0.129. The van der Waals surface area contributed by atoms with Crippen LogP contribution in [0.2, 0.25) is 0 Å². The Morgan fingerprint density at radius 3 is 2.94 bits per heavy atom. The number of rotatable bonds is 7. The molecular weight excluding hydrogens is 236 g/mol. The van der Waals surface area contributed by atoms with Gasteiger partial charge in [0.1, 0.15) is 0 Å². The summed E-state index contributed by atoms with van der Waals surface area (Å²) >= 11 is 0. The lowest BCUT2D eigenvalue weighted by Crippen LogP contribution is -2.31. The molecule has 0 saturated carbocycles. The van der Waals surface area contributed by atoms with Gasteiger partial charge in [0.2, 0.25) is 0 Å². The maximum absolute atomic E-state index is 11.2. The molecule has 0 aliphatic rings. The Kier molecular flexibility index (Phi) is 5.76. The summed E-state index contributed by atoms with van der Waals surface area (Å²) in [6, 6.07) is 1.88. The van der Waals surface area contributed by atoms with Gasteiger partial charge in [0.15, 0.2) is 11.5 Å². The molecule has 1 amide bonds. The maximum Gasteiger partial charge on any atom is 0.287 e. The molecule has 0 bridgehead atoms. The summed E-state index contributed by atoms with van der Waals surface area (Å²) in [5, 5.41) is 12.5. The quantitative estimate of drug-likeness (QED) is 0.356. The number of nitrogen functional groups attached to an aromatic ring is 1. The van der Waals surface area contributed by atoms with E-state index in [1.165, 1.54) is 0 Å². The molecule has 1 aromatic rings. The second kappa shape index (κ2) is 7.10. The molecule has 0 radical (unpaired) electrons. The molecular formula is C11H20N4O3. The van der Waals surface area contributed by atoms with Crippen LogP contribution in [0.4, 0.5) is 0 Å². The van der Waals surface area contributed by atoms with Gasteiger partial charge in [-0.1, -0.05) is 5.16 Å². The van der Waals surface area contributed by atoms with Crippen molar-refractivity contribution in [1.82, 2.24) is 15.5 Å². The minimum absolute atomic E-state index is 0.153. The van der Waals surface area contributed by atoms with Crippen molar-refractivity contribution < 1.29 is 14.4 Å². The fourth-order valence-corrected chi connectivity index (χ4v) is 1.56. The molecule has 0 aliphatic carbocycles. The molecule has 0 atom stereocenters. The third-order valence-corrected chi connectivity index (χ3v) is 2.62. The van der Waals surface area contributed by atoms with Crippen LogP contribution >= 0.6 is 0 Å². The topological polar surface area (TPSA) is 105 Å². The maximum atomic E-state index is 11.2. The van der Waals surface area contributed by atoms with Crippen molar-refractivity contribution in [2.75, 3.05) is 13.2 Å². The van der Waals surface area contributed by atoms with E-state index in [1.54, 1.807) is 6.07 Å². The SMILES string of the molecule is CC(C)N(CCCO)Cc1cc(C(=O)NN)no1. The largest absolute Gasteiger partial charge is 0.396 e. The standard InChI is InChI=1S/C11H20N4O3/c1-8(2)15(4-3-5-16)7-9-6-10(14-18-9)11(17)13-12/h6,8,16H,3-5,7,12H2,1-2H3,(H,13,17). The normalized spacial score (nSPS) is 11.2. The highest BCUT2D eigenvalue weighted by Gasteiger charge is 2.15. The molecule has 1 heterocycles. The van der Waals surface area contributed by atoms with E-state index in [2.05, 4.69) is 23.9 Å². The number of aliphatic hydroxyl groups excluding tert-OH is 1. The lowest BCUT2D eigenvalue weighted by Gasteiger charge is -2.24. The van der Waals surface area contributed by atoms with Crippen molar-refractivity contribution >= 4 is 5.91 Å². The highest BCUT2D eigenvalue weighted by Crippen LogP contribution is 2.10. The average molecular weight is 256 g/mol. The van der Waals surface area contributed by atoms with Gasteiger partial charge in [-0.2, -0.15) is 0 Å². The van der Waals surface area contributed by atoms with Crippen LogP contribution in [-0.4, -0.2) is 40.3 Å². The van der Waals surface area contributed by atoms with Gasteiger partial charge in [-0.3, -0.25) is 15.1 Å². The van der Waals surface area contributed by atoms with Gasteiger partial charge in [0.05, 0.1) is 6.54 Å². The van der Waals surface area contributed by atoms with Crippen molar-refractivity contribution in [3.05, 3.63) is 17.5 Å². The van der Waals surface area contributed by atoms with E-state index < -0.39 is 5.91 Å². The van der Waals surface area contributed by atoms with E-state index in [9.17, 15) is 4.79 Å². The number of nitrogens with zero attached hydrogens (tertiary/aromatic N) is 2. The zero-order chi connectivity index (χ0) is 13.5. The molecule has 0 fully saturated rings. The van der Waals surface area contributed by atoms with Crippen molar-refractivity contribution in [3.63, 3.8) is 0 Å². The molecule has 4 N–H and O–H groups in total. The highest BCUT2D eigenvalue weighted by molar-refractivity contribution is 5.91. The van der Waals surface area contributed by atoms with Crippen LogP contribution in [0.5, 0.6) is 0 Å².